The van der Waals surface area contributed by atoms with Gasteiger partial charge in [0.25, 0.3) is 5.91 Å². The minimum Gasteiger partial charge on any atom is -0.366 e. The lowest BCUT2D eigenvalue weighted by molar-refractivity contribution is 0.1000. The fraction of sp³-hybridized carbons (Fsp3) is 0.0909. The fourth-order valence-corrected chi connectivity index (χ4v) is 1.50. The molecule has 0 unspecified atom stereocenters. The summed E-state index contributed by atoms with van der Waals surface area (Å²) in [5, 5.41) is 0. The molecule has 0 aromatic carbocycles. The maximum Gasteiger partial charge on any atom is 0.250 e. The van der Waals surface area contributed by atoms with Crippen LogP contribution in [0.1, 0.15) is 16.1 Å². The van der Waals surface area contributed by atoms with Crippen molar-refractivity contribution in [2.45, 2.75) is 6.92 Å². The fourth-order valence-electron chi connectivity index (χ4n) is 1.50. The molecule has 0 radical (unpaired) electrons. The molecule has 0 fully saturated rings. The number of nitrogens with one attached hydrogen (secondary N) is 1. The molecule has 4 nitrogen and oxygen atoms in total. The summed E-state index contributed by atoms with van der Waals surface area (Å²) in [6.45, 7) is 1.82. The van der Waals surface area contributed by atoms with Crippen LogP contribution in [0.5, 0.6) is 0 Å². The Kier molecular flexibility index (Phi) is 3.68. The lowest BCUT2D eigenvalue weighted by Crippen LogP contribution is -2.10. The normalized spacial score (nSPS) is 9.56. The van der Waals surface area contributed by atoms with E-state index in [1.54, 1.807) is 18.5 Å². The van der Waals surface area contributed by atoms with Crippen LogP contribution in [-0.4, -0.2) is 15.9 Å². The minimum absolute atomic E-state index is 0. The summed E-state index contributed by atoms with van der Waals surface area (Å²) in [6.07, 6.45) is 3.41. The Morgan fingerprint density at radius 3 is 2.50 bits per heavy atom. The van der Waals surface area contributed by atoms with Gasteiger partial charge in [-0.25, -0.2) is 0 Å². The van der Waals surface area contributed by atoms with Crippen LogP contribution in [0.3, 0.4) is 0 Å². The number of nitrogens with two attached hydrogens (primary N) is 1. The lowest BCUT2D eigenvalue weighted by atomic mass is 10.2. The van der Waals surface area contributed by atoms with E-state index >= 15 is 0 Å². The maximum absolute atomic E-state index is 11.1. The number of hydrogen-bond acceptors (Lipinski definition) is 2. The second-order valence-electron chi connectivity index (χ2n) is 3.32. The van der Waals surface area contributed by atoms with Gasteiger partial charge in [0, 0.05) is 29.3 Å². The zero-order valence-electron chi connectivity index (χ0n) is 8.73. The Bertz CT molecular complexity index is 493. The van der Waals surface area contributed by atoms with Gasteiger partial charge in [-0.3, -0.25) is 9.78 Å². The molecule has 2 aromatic heterocycles. The molecule has 0 saturated carbocycles. The number of primary amides is 1. The van der Waals surface area contributed by atoms with Crippen LogP contribution >= 0.6 is 12.4 Å². The third-order valence-corrected chi connectivity index (χ3v) is 2.27. The van der Waals surface area contributed by atoms with Crippen molar-refractivity contribution in [3.05, 3.63) is 41.9 Å². The highest BCUT2D eigenvalue weighted by molar-refractivity contribution is 5.95. The predicted molar refractivity (Wildman–Crippen MR) is 64.5 cm³/mol. The van der Waals surface area contributed by atoms with E-state index in [2.05, 4.69) is 9.97 Å². The Morgan fingerprint density at radius 2 is 2.00 bits per heavy atom. The van der Waals surface area contributed by atoms with Gasteiger partial charge in [0.15, 0.2) is 0 Å². The van der Waals surface area contributed by atoms with E-state index in [9.17, 15) is 4.79 Å². The number of halogens is 1. The number of carbonyl (C=O) groups is 1. The standard InChI is InChI=1S/C11H11N3O.ClH/c1-7-9(11(12)15)6-10(14-7)8-2-4-13-5-3-8;/h2-6,14H,1H3,(H2,12,15);1H. The third kappa shape index (κ3) is 2.23. The monoisotopic (exact) mass is 237 g/mol. The van der Waals surface area contributed by atoms with E-state index < -0.39 is 5.91 Å². The molecule has 2 rings (SSSR count). The number of rotatable bonds is 2. The van der Waals surface area contributed by atoms with Gasteiger partial charge in [-0.2, -0.15) is 0 Å². The summed E-state index contributed by atoms with van der Waals surface area (Å²) >= 11 is 0. The molecule has 0 aliphatic carbocycles. The molecule has 5 heteroatoms. The summed E-state index contributed by atoms with van der Waals surface area (Å²) in [4.78, 5) is 18.1. The second-order valence-corrected chi connectivity index (χ2v) is 3.32. The molecule has 0 spiro atoms. The number of carbonyl (C=O) groups excluding carboxylic acids is 1. The first kappa shape index (κ1) is 12.3. The topological polar surface area (TPSA) is 71.8 Å². The van der Waals surface area contributed by atoms with Crippen LogP contribution in [0.4, 0.5) is 0 Å². The molecule has 1 amide bonds. The molecule has 0 aliphatic rings. The number of amides is 1. The molecular weight excluding hydrogens is 226 g/mol. The highest BCUT2D eigenvalue weighted by Gasteiger charge is 2.09. The third-order valence-electron chi connectivity index (χ3n) is 2.27. The predicted octanol–water partition coefficient (Wildman–Crippen LogP) is 1.91. The summed E-state index contributed by atoms with van der Waals surface area (Å²) in [5.41, 5.74) is 8.42. The molecule has 0 bridgehead atoms. The first-order chi connectivity index (χ1) is 7.18. The highest BCUT2D eigenvalue weighted by Crippen LogP contribution is 2.20. The number of hydrogen-bond donors (Lipinski definition) is 2. The average molecular weight is 238 g/mol. The van der Waals surface area contributed by atoms with Crippen molar-refractivity contribution >= 4 is 18.3 Å². The largest absolute Gasteiger partial charge is 0.366 e. The van der Waals surface area contributed by atoms with Gasteiger partial charge in [0.2, 0.25) is 0 Å². The Hall–Kier alpha value is -1.81. The number of nitrogens with zero attached hydrogens (tertiary/aromatic N) is 1. The van der Waals surface area contributed by atoms with Gasteiger partial charge in [0.05, 0.1) is 5.56 Å². The molecule has 84 valence electrons. The van der Waals surface area contributed by atoms with Gasteiger partial charge in [-0.05, 0) is 25.1 Å². The van der Waals surface area contributed by atoms with Gasteiger partial charge < -0.3 is 10.7 Å². The highest BCUT2D eigenvalue weighted by atomic mass is 35.5. The number of H-pyrrole nitrogens is 1. The first-order valence-corrected chi connectivity index (χ1v) is 4.58. The average Bonchev–Trinajstić information content (AvgIpc) is 2.62. The lowest BCUT2D eigenvalue weighted by Gasteiger charge is -1.94. The van der Waals surface area contributed by atoms with Crippen molar-refractivity contribution in [1.29, 1.82) is 0 Å². The van der Waals surface area contributed by atoms with Crippen molar-refractivity contribution in [2.75, 3.05) is 0 Å². The SMILES string of the molecule is Cc1[nH]c(-c2ccncc2)cc1C(N)=O.Cl. The smallest absolute Gasteiger partial charge is 0.250 e. The summed E-state index contributed by atoms with van der Waals surface area (Å²) in [5.74, 6) is -0.413. The van der Waals surface area contributed by atoms with Gasteiger partial charge >= 0.3 is 0 Å². The quantitative estimate of drug-likeness (QED) is 0.838. The Labute approximate surface area is 99.3 Å². The van der Waals surface area contributed by atoms with Crippen LogP contribution in [-0.2, 0) is 0 Å². The van der Waals surface area contributed by atoms with Crippen molar-refractivity contribution < 1.29 is 4.79 Å². The molecule has 0 aliphatic heterocycles. The van der Waals surface area contributed by atoms with Gasteiger partial charge in [-0.15, -0.1) is 12.4 Å². The molecule has 16 heavy (non-hydrogen) atoms. The van der Waals surface area contributed by atoms with Gasteiger partial charge in [-0.1, -0.05) is 0 Å². The maximum atomic E-state index is 11.1. The van der Waals surface area contributed by atoms with E-state index in [-0.39, 0.29) is 12.4 Å². The second kappa shape index (κ2) is 4.81. The Balaban J connectivity index is 0.00000128. The number of pyridine rings is 1. The van der Waals surface area contributed by atoms with E-state index in [1.165, 1.54) is 0 Å². The van der Waals surface area contributed by atoms with E-state index in [4.69, 9.17) is 5.73 Å². The first-order valence-electron chi connectivity index (χ1n) is 4.58. The summed E-state index contributed by atoms with van der Waals surface area (Å²) < 4.78 is 0. The zero-order valence-corrected chi connectivity index (χ0v) is 9.54. The van der Waals surface area contributed by atoms with Crippen molar-refractivity contribution in [1.82, 2.24) is 9.97 Å². The van der Waals surface area contributed by atoms with Crippen LogP contribution in [0, 0.1) is 6.92 Å². The summed E-state index contributed by atoms with van der Waals surface area (Å²) in [7, 11) is 0. The van der Waals surface area contributed by atoms with E-state index in [1.807, 2.05) is 19.1 Å². The van der Waals surface area contributed by atoms with Crippen LogP contribution in [0.25, 0.3) is 11.3 Å². The molecule has 2 heterocycles. The van der Waals surface area contributed by atoms with Crippen LogP contribution in [0.2, 0.25) is 0 Å². The van der Waals surface area contributed by atoms with E-state index in [0.29, 0.717) is 5.56 Å². The van der Waals surface area contributed by atoms with Crippen LogP contribution < -0.4 is 5.73 Å². The molecule has 2 aromatic rings. The molecule has 3 N–H and O–H groups in total. The summed E-state index contributed by atoms with van der Waals surface area (Å²) in [6, 6.07) is 5.50. The van der Waals surface area contributed by atoms with Crippen molar-refractivity contribution in [3.63, 3.8) is 0 Å². The number of aromatic amines is 1. The van der Waals surface area contributed by atoms with Crippen LogP contribution in [0.15, 0.2) is 30.6 Å². The van der Waals surface area contributed by atoms with Gasteiger partial charge in [0.1, 0.15) is 0 Å². The number of aromatic nitrogens is 2. The van der Waals surface area contributed by atoms with Crippen molar-refractivity contribution in [3.8, 4) is 11.3 Å². The Morgan fingerprint density at radius 1 is 1.38 bits per heavy atom. The minimum atomic E-state index is -0.413. The molecule has 0 saturated heterocycles. The van der Waals surface area contributed by atoms with Crippen molar-refractivity contribution in [2.24, 2.45) is 5.73 Å². The molecular formula is C11H12ClN3O. The van der Waals surface area contributed by atoms with E-state index in [0.717, 1.165) is 17.0 Å². The zero-order chi connectivity index (χ0) is 10.8. The molecule has 0 atom stereocenters. The number of aryl methyl sites for hydroxylation is 1.